The average molecular weight is 481 g/mol. The smallest absolute Gasteiger partial charge is 0.330 e. The molecule has 0 bridgehead atoms. The zero-order valence-corrected chi connectivity index (χ0v) is 19.8. The topological polar surface area (TPSA) is 99.0 Å². The lowest BCUT2D eigenvalue weighted by molar-refractivity contribution is -0.134. The van der Waals surface area contributed by atoms with Gasteiger partial charge in [-0.15, -0.1) is 0 Å². The van der Waals surface area contributed by atoms with Crippen molar-refractivity contribution in [2.45, 2.75) is 59.5 Å². The van der Waals surface area contributed by atoms with E-state index >= 15 is 0 Å². The molecule has 10 heteroatoms. The maximum absolute atomic E-state index is 12.6. The lowest BCUT2D eigenvalue weighted by atomic mass is 10.2. The van der Waals surface area contributed by atoms with Gasteiger partial charge in [-0.2, -0.15) is 0 Å². The van der Waals surface area contributed by atoms with Gasteiger partial charge in [0.05, 0.1) is 11.4 Å². The zero-order chi connectivity index (χ0) is 23.4. The molecule has 1 N–H and O–H groups in total. The molecule has 2 heterocycles. The lowest BCUT2D eigenvalue weighted by Gasteiger charge is -2.11. The Morgan fingerprint density at radius 2 is 1.97 bits per heavy atom. The van der Waals surface area contributed by atoms with Crippen molar-refractivity contribution < 1.29 is 9.53 Å². The van der Waals surface area contributed by atoms with Gasteiger partial charge in [-0.3, -0.25) is 19.1 Å². The van der Waals surface area contributed by atoms with Crippen LogP contribution in [0.4, 0.5) is 0 Å². The number of carbonyl (C=O) groups excluding carboxylic acids is 1. The van der Waals surface area contributed by atoms with E-state index in [1.807, 2.05) is 20.8 Å². The quantitative estimate of drug-likeness (QED) is 0.365. The molecular weight excluding hydrogens is 455 g/mol. The van der Waals surface area contributed by atoms with Crippen molar-refractivity contribution in [3.05, 3.63) is 54.9 Å². The highest BCUT2D eigenvalue weighted by molar-refractivity contribution is 6.43. The predicted molar refractivity (Wildman–Crippen MR) is 125 cm³/mol. The predicted octanol–water partition coefficient (Wildman–Crippen LogP) is 4.19. The number of rotatable bonds is 9. The van der Waals surface area contributed by atoms with Gasteiger partial charge in [0.25, 0.3) is 5.56 Å². The Bertz CT molecular complexity index is 1240. The number of aryl methyl sites for hydroxylation is 2. The van der Waals surface area contributed by atoms with E-state index in [9.17, 15) is 14.4 Å². The van der Waals surface area contributed by atoms with Crippen molar-refractivity contribution in [1.29, 1.82) is 0 Å². The van der Waals surface area contributed by atoms with Gasteiger partial charge in [0, 0.05) is 19.5 Å². The van der Waals surface area contributed by atoms with Crippen molar-refractivity contribution in [2.75, 3.05) is 0 Å². The van der Waals surface area contributed by atoms with Gasteiger partial charge in [0.2, 0.25) is 0 Å². The summed E-state index contributed by atoms with van der Waals surface area (Å²) in [7, 11) is 0. The third-order valence-corrected chi connectivity index (χ3v) is 5.74. The standard InChI is InChI=1S/C22H26Cl2N4O4/c1-4-5-11-27-20-19(21(30)26-22(27)31)28(12-13(2)3)16(25-20)9-10-17(29)32-15-8-6-7-14(23)18(15)24/h6-8,13H,4-5,9-12H2,1-3H3,(H,26,30,31). The van der Waals surface area contributed by atoms with E-state index < -0.39 is 17.2 Å². The number of carbonyl (C=O) groups is 1. The first kappa shape index (κ1) is 24.1. The van der Waals surface area contributed by atoms with Crippen molar-refractivity contribution in [2.24, 2.45) is 5.92 Å². The molecule has 0 spiro atoms. The van der Waals surface area contributed by atoms with Crippen LogP contribution in [0.1, 0.15) is 45.9 Å². The highest BCUT2D eigenvalue weighted by atomic mass is 35.5. The number of esters is 1. The molecule has 0 saturated carbocycles. The first-order valence-corrected chi connectivity index (χ1v) is 11.3. The third-order valence-electron chi connectivity index (χ3n) is 4.94. The molecule has 1 aromatic carbocycles. The first-order valence-electron chi connectivity index (χ1n) is 10.6. The molecule has 0 fully saturated rings. The number of halogens is 2. The number of imidazole rings is 1. The number of nitrogens with one attached hydrogen (secondary N) is 1. The summed E-state index contributed by atoms with van der Waals surface area (Å²) >= 11 is 12.1. The highest BCUT2D eigenvalue weighted by Crippen LogP contribution is 2.31. The fourth-order valence-electron chi connectivity index (χ4n) is 3.44. The van der Waals surface area contributed by atoms with E-state index in [0.29, 0.717) is 35.1 Å². The summed E-state index contributed by atoms with van der Waals surface area (Å²) in [5.74, 6) is 0.447. The van der Waals surface area contributed by atoms with Crippen LogP contribution in [0.5, 0.6) is 5.75 Å². The van der Waals surface area contributed by atoms with Crippen LogP contribution in [0.2, 0.25) is 10.0 Å². The molecule has 0 atom stereocenters. The number of unbranched alkanes of at least 4 members (excludes halogenated alkanes) is 1. The summed E-state index contributed by atoms with van der Waals surface area (Å²) in [5.41, 5.74) is -0.276. The van der Waals surface area contributed by atoms with Gasteiger partial charge >= 0.3 is 11.7 Å². The molecule has 2 aromatic heterocycles. The molecule has 0 amide bonds. The molecule has 0 aliphatic rings. The van der Waals surface area contributed by atoms with Crippen molar-refractivity contribution in [3.63, 3.8) is 0 Å². The SMILES string of the molecule is CCCCn1c(=O)[nH]c(=O)c2c1nc(CCC(=O)Oc1cccc(Cl)c1Cl)n2CC(C)C. The van der Waals surface area contributed by atoms with Gasteiger partial charge in [-0.1, -0.05) is 56.5 Å². The molecule has 3 aromatic rings. The number of aromatic nitrogens is 4. The van der Waals surface area contributed by atoms with Gasteiger partial charge in [0.15, 0.2) is 16.9 Å². The number of nitrogens with zero attached hydrogens (tertiary/aromatic N) is 3. The highest BCUT2D eigenvalue weighted by Gasteiger charge is 2.20. The molecule has 3 rings (SSSR count). The number of hydrogen-bond donors (Lipinski definition) is 1. The summed E-state index contributed by atoms with van der Waals surface area (Å²) in [4.78, 5) is 44.5. The van der Waals surface area contributed by atoms with Gasteiger partial charge in [-0.25, -0.2) is 9.78 Å². The van der Waals surface area contributed by atoms with Gasteiger partial charge in [-0.05, 0) is 24.5 Å². The van der Waals surface area contributed by atoms with E-state index in [1.165, 1.54) is 4.57 Å². The van der Waals surface area contributed by atoms with E-state index in [-0.39, 0.29) is 29.5 Å². The maximum Gasteiger partial charge on any atom is 0.330 e. The molecule has 172 valence electrons. The van der Waals surface area contributed by atoms with Crippen molar-refractivity contribution >= 4 is 40.3 Å². The Morgan fingerprint density at radius 1 is 1.22 bits per heavy atom. The third kappa shape index (κ3) is 5.24. The van der Waals surface area contributed by atoms with E-state index in [2.05, 4.69) is 9.97 Å². The summed E-state index contributed by atoms with van der Waals surface area (Å²) in [6.45, 7) is 7.04. The van der Waals surface area contributed by atoms with Crippen LogP contribution in [-0.4, -0.2) is 25.1 Å². The monoisotopic (exact) mass is 480 g/mol. The molecule has 0 aliphatic heterocycles. The van der Waals surface area contributed by atoms with E-state index in [1.54, 1.807) is 22.8 Å². The van der Waals surface area contributed by atoms with Crippen molar-refractivity contribution in [1.82, 2.24) is 19.1 Å². The fraction of sp³-hybridized carbons (Fsp3) is 0.455. The van der Waals surface area contributed by atoms with E-state index in [0.717, 1.165) is 12.8 Å². The minimum atomic E-state index is -0.505. The van der Waals surface area contributed by atoms with Crippen LogP contribution in [0.25, 0.3) is 11.2 Å². The molecule has 0 saturated heterocycles. The van der Waals surface area contributed by atoms with Crippen LogP contribution < -0.4 is 16.0 Å². The number of H-pyrrole nitrogens is 1. The van der Waals surface area contributed by atoms with Crippen LogP contribution in [0.3, 0.4) is 0 Å². The minimum Gasteiger partial charge on any atom is -0.425 e. The second-order valence-electron chi connectivity index (χ2n) is 8.00. The average Bonchev–Trinajstić information content (AvgIpc) is 3.07. The Morgan fingerprint density at radius 3 is 2.66 bits per heavy atom. The Kier molecular flexibility index (Phi) is 7.79. The largest absolute Gasteiger partial charge is 0.425 e. The van der Waals surface area contributed by atoms with Crippen LogP contribution in [-0.2, 0) is 24.3 Å². The Balaban J connectivity index is 1.93. The number of aromatic amines is 1. The molecule has 0 radical (unpaired) electrons. The minimum absolute atomic E-state index is 0.0152. The number of ether oxygens (including phenoxy) is 1. The maximum atomic E-state index is 12.6. The summed E-state index contributed by atoms with van der Waals surface area (Å²) in [6.07, 6.45) is 1.92. The summed E-state index contributed by atoms with van der Waals surface area (Å²) < 4.78 is 8.63. The van der Waals surface area contributed by atoms with Crippen molar-refractivity contribution in [3.8, 4) is 5.75 Å². The lowest BCUT2D eigenvalue weighted by Crippen LogP contribution is -2.31. The van der Waals surface area contributed by atoms with Crippen LogP contribution in [0.15, 0.2) is 27.8 Å². The normalized spacial score (nSPS) is 11.4. The summed E-state index contributed by atoms with van der Waals surface area (Å²) in [5, 5.41) is 0.459. The van der Waals surface area contributed by atoms with Crippen LogP contribution >= 0.6 is 23.2 Å². The van der Waals surface area contributed by atoms with Gasteiger partial charge in [0.1, 0.15) is 10.8 Å². The second-order valence-corrected chi connectivity index (χ2v) is 8.78. The number of fused-ring (bicyclic) bond motifs is 1. The zero-order valence-electron chi connectivity index (χ0n) is 18.3. The summed E-state index contributed by atoms with van der Waals surface area (Å²) in [6, 6.07) is 4.80. The second kappa shape index (κ2) is 10.4. The molecular formula is C22H26Cl2N4O4. The fourth-order valence-corrected chi connectivity index (χ4v) is 3.77. The number of benzene rings is 1. The molecule has 32 heavy (non-hydrogen) atoms. The Hall–Kier alpha value is -2.58. The van der Waals surface area contributed by atoms with E-state index in [4.69, 9.17) is 27.9 Å². The first-order chi connectivity index (χ1) is 15.2. The number of hydrogen-bond acceptors (Lipinski definition) is 5. The molecule has 8 nitrogen and oxygen atoms in total. The molecule has 0 unspecified atom stereocenters. The molecule has 0 aliphatic carbocycles. The van der Waals surface area contributed by atoms with Crippen LogP contribution in [0, 0.1) is 5.92 Å². The van der Waals surface area contributed by atoms with Gasteiger partial charge < -0.3 is 9.30 Å². The Labute approximate surface area is 195 Å².